The van der Waals surface area contributed by atoms with Gasteiger partial charge in [-0.1, -0.05) is 35.3 Å². The van der Waals surface area contributed by atoms with Crippen LogP contribution in [0.15, 0.2) is 79.1 Å². The van der Waals surface area contributed by atoms with E-state index in [1.54, 1.807) is 42.5 Å². The van der Waals surface area contributed by atoms with Crippen LogP contribution in [0.5, 0.6) is 17.4 Å². The van der Waals surface area contributed by atoms with Crippen LogP contribution in [0.1, 0.15) is 56.8 Å². The van der Waals surface area contributed by atoms with Gasteiger partial charge in [-0.15, -0.1) is 0 Å². The van der Waals surface area contributed by atoms with Crippen molar-refractivity contribution in [3.63, 3.8) is 0 Å². The van der Waals surface area contributed by atoms with Crippen molar-refractivity contribution >= 4 is 46.7 Å². The highest BCUT2D eigenvalue weighted by atomic mass is 35.5. The number of nitrogens with one attached hydrogen (secondary N) is 2. The number of aromatic carboxylic acids is 1. The summed E-state index contributed by atoms with van der Waals surface area (Å²) in [6.07, 6.45) is 5.81. The number of para-hydroxylation sites is 1. The maximum Gasteiger partial charge on any atom is 0.337 e. The molecule has 4 aromatic rings. The number of nitrogens with zero attached hydrogens (tertiary/aromatic N) is 2. The number of carbonyl (C=O) groups excluding carboxylic acids is 2. The largest absolute Gasteiger partial charge is 0.490 e. The second-order valence-electron chi connectivity index (χ2n) is 9.82. The fraction of sp³-hybridized carbons (Fsp3) is 0.194. The van der Waals surface area contributed by atoms with Gasteiger partial charge in [0.1, 0.15) is 16.7 Å². The van der Waals surface area contributed by atoms with E-state index in [1.165, 1.54) is 36.7 Å². The molecule has 0 bridgehead atoms. The van der Waals surface area contributed by atoms with Crippen molar-refractivity contribution < 1.29 is 29.0 Å². The van der Waals surface area contributed by atoms with E-state index in [1.807, 2.05) is 0 Å². The van der Waals surface area contributed by atoms with Crippen molar-refractivity contribution in [2.75, 3.05) is 5.32 Å². The highest BCUT2D eigenvalue weighted by molar-refractivity contribution is 6.35. The third kappa shape index (κ3) is 7.79. The first-order valence-corrected chi connectivity index (χ1v) is 14.2. The molecule has 0 spiro atoms. The number of rotatable bonds is 9. The van der Waals surface area contributed by atoms with Gasteiger partial charge in [0.2, 0.25) is 5.88 Å². The number of halogens is 2. The third-order valence-corrected chi connectivity index (χ3v) is 7.34. The number of aromatic nitrogens is 2. The molecule has 1 aliphatic rings. The van der Waals surface area contributed by atoms with E-state index in [0.717, 1.165) is 25.7 Å². The molecule has 5 rings (SSSR count). The molecule has 2 amide bonds. The molecule has 3 N–H and O–H groups in total. The molecule has 0 radical (unpaired) electrons. The Morgan fingerprint density at radius 1 is 0.814 bits per heavy atom. The molecule has 10 nitrogen and oxygen atoms in total. The van der Waals surface area contributed by atoms with Crippen LogP contribution in [-0.4, -0.2) is 45.0 Å². The average Bonchev–Trinajstić information content (AvgIpc) is 3.01. The molecule has 0 saturated heterocycles. The van der Waals surface area contributed by atoms with Gasteiger partial charge in [-0.05, 0) is 74.2 Å². The van der Waals surface area contributed by atoms with Gasteiger partial charge in [0.15, 0.2) is 0 Å². The Morgan fingerprint density at radius 2 is 1.53 bits per heavy atom. The first kappa shape index (κ1) is 29.8. The second-order valence-corrected chi connectivity index (χ2v) is 10.6. The van der Waals surface area contributed by atoms with E-state index < -0.39 is 11.9 Å². The summed E-state index contributed by atoms with van der Waals surface area (Å²) in [5.74, 6) is -0.390. The van der Waals surface area contributed by atoms with Crippen LogP contribution in [-0.2, 0) is 0 Å². The quantitative estimate of drug-likeness (QED) is 0.177. The third-order valence-electron chi connectivity index (χ3n) is 6.83. The maximum absolute atomic E-state index is 12.6. The number of anilines is 1. The SMILES string of the molecule is O=C(Nc1ccccc1C(=O)O)c1ccc(Oc2ccc(OC3CCC(NC(=O)c4cc(Cl)ncc4Cl)CC3)cc2)nc1. The standard InChI is InChI=1S/C31H26Cl2N4O6/c32-25-17-34-27(33)15-24(25)30(39)36-19-6-8-20(9-7-19)42-21-10-12-22(13-11-21)43-28-14-5-18(16-35-28)29(38)37-26-4-2-1-3-23(26)31(40)41/h1-5,10-17,19-20H,6-9H2,(H,36,39)(H,37,38)(H,40,41). The lowest BCUT2D eigenvalue weighted by molar-refractivity contribution is 0.0697. The van der Waals surface area contributed by atoms with E-state index in [2.05, 4.69) is 20.6 Å². The summed E-state index contributed by atoms with van der Waals surface area (Å²) in [7, 11) is 0. The second kappa shape index (κ2) is 13.5. The van der Waals surface area contributed by atoms with Crippen molar-refractivity contribution in [3.05, 3.63) is 106 Å². The van der Waals surface area contributed by atoms with Crippen LogP contribution in [0.4, 0.5) is 5.69 Å². The Hall–Kier alpha value is -4.67. The van der Waals surface area contributed by atoms with Crippen molar-refractivity contribution in [3.8, 4) is 17.4 Å². The van der Waals surface area contributed by atoms with Gasteiger partial charge in [-0.25, -0.2) is 14.8 Å². The van der Waals surface area contributed by atoms with Gasteiger partial charge in [0, 0.05) is 24.5 Å². The van der Waals surface area contributed by atoms with E-state index in [9.17, 15) is 19.5 Å². The molecule has 0 aliphatic heterocycles. The summed E-state index contributed by atoms with van der Waals surface area (Å²) < 4.78 is 11.9. The van der Waals surface area contributed by atoms with E-state index in [0.29, 0.717) is 17.1 Å². The smallest absolute Gasteiger partial charge is 0.337 e. The summed E-state index contributed by atoms with van der Waals surface area (Å²) in [5, 5.41) is 15.4. The van der Waals surface area contributed by atoms with Crippen molar-refractivity contribution in [2.24, 2.45) is 0 Å². The van der Waals surface area contributed by atoms with Crippen LogP contribution in [0.25, 0.3) is 0 Å². The first-order valence-electron chi connectivity index (χ1n) is 13.4. The summed E-state index contributed by atoms with van der Waals surface area (Å²) >= 11 is 12.0. The lowest BCUT2D eigenvalue weighted by Gasteiger charge is -2.29. The normalized spacial score (nSPS) is 16.1. The number of ether oxygens (including phenoxy) is 2. The number of carbonyl (C=O) groups is 3. The molecule has 2 aromatic heterocycles. The number of pyridine rings is 2. The summed E-state index contributed by atoms with van der Waals surface area (Å²) in [4.78, 5) is 44.6. The Bertz CT molecular complexity index is 1620. The highest BCUT2D eigenvalue weighted by Crippen LogP contribution is 2.28. The van der Waals surface area contributed by atoms with E-state index in [4.69, 9.17) is 32.7 Å². The molecule has 1 aliphatic carbocycles. The molecule has 2 aromatic carbocycles. The van der Waals surface area contributed by atoms with Gasteiger partial charge < -0.3 is 25.2 Å². The fourth-order valence-corrected chi connectivity index (χ4v) is 4.97. The van der Waals surface area contributed by atoms with Crippen LogP contribution in [0.3, 0.4) is 0 Å². The molecule has 220 valence electrons. The fourth-order valence-electron chi connectivity index (χ4n) is 4.62. The maximum atomic E-state index is 12.6. The van der Waals surface area contributed by atoms with E-state index >= 15 is 0 Å². The van der Waals surface area contributed by atoms with Crippen molar-refractivity contribution in [1.82, 2.24) is 15.3 Å². The topological polar surface area (TPSA) is 140 Å². The molecular formula is C31H26Cl2N4O6. The number of benzene rings is 2. The van der Waals surface area contributed by atoms with Crippen LogP contribution < -0.4 is 20.1 Å². The number of carboxylic acids is 1. The van der Waals surface area contributed by atoms with Crippen LogP contribution >= 0.6 is 23.2 Å². The van der Waals surface area contributed by atoms with Gasteiger partial charge in [0.05, 0.1) is 33.5 Å². The minimum atomic E-state index is -1.14. The first-order chi connectivity index (χ1) is 20.7. The van der Waals surface area contributed by atoms with Gasteiger partial charge in [0.25, 0.3) is 11.8 Å². The molecule has 0 atom stereocenters. The Morgan fingerprint density at radius 3 is 2.23 bits per heavy atom. The van der Waals surface area contributed by atoms with Gasteiger partial charge in [-0.3, -0.25) is 9.59 Å². The number of hydrogen-bond donors (Lipinski definition) is 3. The minimum Gasteiger partial charge on any atom is -0.490 e. The molecule has 43 heavy (non-hydrogen) atoms. The lowest BCUT2D eigenvalue weighted by Crippen LogP contribution is -2.39. The Labute approximate surface area is 257 Å². The summed E-state index contributed by atoms with van der Waals surface area (Å²) in [5.41, 5.74) is 0.736. The Balaban J connectivity index is 1.09. The zero-order valence-electron chi connectivity index (χ0n) is 22.6. The lowest BCUT2D eigenvalue weighted by atomic mass is 9.92. The Kier molecular flexibility index (Phi) is 9.38. The van der Waals surface area contributed by atoms with E-state index in [-0.39, 0.29) is 50.9 Å². The zero-order chi connectivity index (χ0) is 30.3. The monoisotopic (exact) mass is 620 g/mol. The van der Waals surface area contributed by atoms with Crippen molar-refractivity contribution in [1.29, 1.82) is 0 Å². The molecule has 0 unspecified atom stereocenters. The molecule has 1 fully saturated rings. The van der Waals surface area contributed by atoms with Gasteiger partial charge in [-0.2, -0.15) is 0 Å². The predicted molar refractivity (Wildman–Crippen MR) is 161 cm³/mol. The zero-order valence-corrected chi connectivity index (χ0v) is 24.1. The van der Waals surface area contributed by atoms with Gasteiger partial charge >= 0.3 is 5.97 Å². The van der Waals surface area contributed by atoms with Crippen LogP contribution in [0, 0.1) is 0 Å². The summed E-state index contributed by atoms with van der Waals surface area (Å²) in [6, 6.07) is 17.8. The predicted octanol–water partition coefficient (Wildman–Crippen LogP) is 6.65. The van der Waals surface area contributed by atoms with Crippen LogP contribution in [0.2, 0.25) is 10.2 Å². The highest BCUT2D eigenvalue weighted by Gasteiger charge is 2.25. The number of hydrogen-bond acceptors (Lipinski definition) is 7. The average molecular weight is 621 g/mol. The molecular weight excluding hydrogens is 595 g/mol. The molecule has 12 heteroatoms. The summed E-state index contributed by atoms with van der Waals surface area (Å²) in [6.45, 7) is 0. The molecule has 1 saturated carbocycles. The number of amides is 2. The minimum absolute atomic E-state index is 0.00817. The number of carboxylic acid groups (broad SMARTS) is 1. The van der Waals surface area contributed by atoms with Crippen molar-refractivity contribution in [2.45, 2.75) is 37.8 Å². The molecule has 2 heterocycles.